The molecule has 0 fully saturated rings. The van der Waals surface area contributed by atoms with Gasteiger partial charge in [-0.2, -0.15) is 0 Å². The van der Waals surface area contributed by atoms with Gasteiger partial charge < -0.3 is 9.47 Å². The van der Waals surface area contributed by atoms with E-state index in [2.05, 4.69) is 65.6 Å². The number of rotatable bonds is 2. The number of aryl methyl sites for hydroxylation is 2. The molecule has 24 heavy (non-hydrogen) atoms. The molecule has 2 aromatic heterocycles. The van der Waals surface area contributed by atoms with Gasteiger partial charge in [-0.25, -0.2) is 0 Å². The van der Waals surface area contributed by atoms with Gasteiger partial charge in [-0.1, -0.05) is 24.3 Å². The lowest BCUT2D eigenvalue weighted by Gasteiger charge is -2.31. The minimum Gasteiger partial charge on any atom is -0.365 e. The minimum absolute atomic E-state index is 0. The van der Waals surface area contributed by atoms with Gasteiger partial charge in [0.2, 0.25) is 0 Å². The van der Waals surface area contributed by atoms with E-state index in [-0.39, 0.29) is 12.4 Å². The number of pyridine rings is 1. The molecule has 1 aromatic carbocycles. The Morgan fingerprint density at radius 3 is 2.58 bits per heavy atom. The third kappa shape index (κ3) is 2.48. The lowest BCUT2D eigenvalue weighted by atomic mass is 9.99. The van der Waals surface area contributed by atoms with Crippen molar-refractivity contribution in [2.24, 2.45) is 0 Å². The zero-order chi connectivity index (χ0) is 16.0. The molecule has 0 bridgehead atoms. The van der Waals surface area contributed by atoms with E-state index in [4.69, 9.17) is 0 Å². The van der Waals surface area contributed by atoms with E-state index in [0.29, 0.717) is 0 Å². The third-order valence-electron chi connectivity index (χ3n) is 5.26. The average Bonchev–Trinajstić information content (AvgIpc) is 2.85. The Labute approximate surface area is 149 Å². The van der Waals surface area contributed by atoms with Gasteiger partial charge in [0, 0.05) is 31.5 Å². The fourth-order valence-corrected chi connectivity index (χ4v) is 3.88. The Hall–Kier alpha value is -2.00. The maximum atomic E-state index is 4.66. The molecule has 3 aromatic rings. The van der Waals surface area contributed by atoms with Crippen LogP contribution in [-0.4, -0.2) is 16.1 Å². The Kier molecular flexibility index (Phi) is 4.55. The standard InChI is InChI=1S/C20H23N3.ClH/c1-4-23-15(3)14(2)19-20(23)18(9-11-21-19)22-12-10-16-7-5-6-8-17(16)13-22;/h5-9,11H,4,10,12-13H2,1-3H3;1H. The molecule has 3 heterocycles. The predicted molar refractivity (Wildman–Crippen MR) is 103 cm³/mol. The molecular formula is C20H24ClN3. The topological polar surface area (TPSA) is 21.1 Å². The number of benzene rings is 1. The predicted octanol–water partition coefficient (Wildman–Crippen LogP) is 4.66. The highest BCUT2D eigenvalue weighted by Crippen LogP contribution is 2.33. The quantitative estimate of drug-likeness (QED) is 0.676. The largest absolute Gasteiger partial charge is 0.365 e. The highest BCUT2D eigenvalue weighted by atomic mass is 35.5. The molecule has 0 spiro atoms. The van der Waals surface area contributed by atoms with Gasteiger partial charge in [0.15, 0.2) is 0 Å². The summed E-state index contributed by atoms with van der Waals surface area (Å²) in [4.78, 5) is 7.17. The number of hydrogen-bond donors (Lipinski definition) is 0. The Morgan fingerprint density at radius 1 is 1.08 bits per heavy atom. The van der Waals surface area contributed by atoms with Crippen LogP contribution in [-0.2, 0) is 19.5 Å². The van der Waals surface area contributed by atoms with E-state index in [9.17, 15) is 0 Å². The van der Waals surface area contributed by atoms with Gasteiger partial charge in [-0.15, -0.1) is 12.4 Å². The molecule has 4 heteroatoms. The second-order valence-corrected chi connectivity index (χ2v) is 6.42. The van der Waals surface area contributed by atoms with Crippen molar-refractivity contribution >= 4 is 29.1 Å². The van der Waals surface area contributed by atoms with Gasteiger partial charge in [-0.05, 0) is 49.9 Å². The van der Waals surface area contributed by atoms with Crippen LogP contribution in [0.2, 0.25) is 0 Å². The smallest absolute Gasteiger partial charge is 0.0934 e. The van der Waals surface area contributed by atoms with E-state index in [1.807, 2.05) is 6.20 Å². The average molecular weight is 342 g/mol. The van der Waals surface area contributed by atoms with Crippen LogP contribution in [0.5, 0.6) is 0 Å². The van der Waals surface area contributed by atoms with E-state index in [1.165, 1.54) is 33.6 Å². The van der Waals surface area contributed by atoms with Crippen LogP contribution in [0.4, 0.5) is 5.69 Å². The van der Waals surface area contributed by atoms with Crippen LogP contribution in [0.1, 0.15) is 29.3 Å². The normalized spacial score (nSPS) is 13.7. The van der Waals surface area contributed by atoms with Gasteiger partial charge >= 0.3 is 0 Å². The zero-order valence-corrected chi connectivity index (χ0v) is 15.4. The van der Waals surface area contributed by atoms with Gasteiger partial charge in [0.1, 0.15) is 0 Å². The number of nitrogens with zero attached hydrogens (tertiary/aromatic N) is 3. The lowest BCUT2D eigenvalue weighted by Crippen LogP contribution is -2.30. The van der Waals surface area contributed by atoms with Crippen molar-refractivity contribution in [2.45, 2.75) is 40.3 Å². The summed E-state index contributed by atoms with van der Waals surface area (Å²) in [6.45, 7) is 9.65. The van der Waals surface area contributed by atoms with E-state index in [1.54, 1.807) is 0 Å². The van der Waals surface area contributed by atoms with Crippen molar-refractivity contribution in [3.8, 4) is 0 Å². The summed E-state index contributed by atoms with van der Waals surface area (Å²) in [7, 11) is 0. The second kappa shape index (κ2) is 6.48. The molecule has 0 saturated heterocycles. The SMILES string of the molecule is CCn1c(C)c(C)c2nccc(N3CCc4ccccc4C3)c21.Cl. The summed E-state index contributed by atoms with van der Waals surface area (Å²) in [5.74, 6) is 0. The third-order valence-corrected chi connectivity index (χ3v) is 5.26. The van der Waals surface area contributed by atoms with Crippen LogP contribution in [0.15, 0.2) is 36.5 Å². The first-order chi connectivity index (χ1) is 11.2. The summed E-state index contributed by atoms with van der Waals surface area (Å²) < 4.78 is 2.41. The fourth-order valence-electron chi connectivity index (χ4n) is 3.88. The minimum atomic E-state index is 0. The molecule has 0 atom stereocenters. The molecule has 0 amide bonds. The highest BCUT2D eigenvalue weighted by molar-refractivity contribution is 5.92. The number of fused-ring (bicyclic) bond motifs is 2. The zero-order valence-electron chi connectivity index (χ0n) is 14.5. The highest BCUT2D eigenvalue weighted by Gasteiger charge is 2.21. The van der Waals surface area contributed by atoms with Crippen LogP contribution in [0.25, 0.3) is 11.0 Å². The molecular weight excluding hydrogens is 318 g/mol. The first-order valence-corrected chi connectivity index (χ1v) is 8.46. The molecule has 0 saturated carbocycles. The Morgan fingerprint density at radius 2 is 1.83 bits per heavy atom. The van der Waals surface area contributed by atoms with Crippen molar-refractivity contribution in [2.75, 3.05) is 11.4 Å². The van der Waals surface area contributed by atoms with Crippen molar-refractivity contribution in [3.05, 3.63) is 58.9 Å². The molecule has 0 aliphatic carbocycles. The first-order valence-electron chi connectivity index (χ1n) is 8.46. The van der Waals surface area contributed by atoms with Gasteiger partial charge in [0.05, 0.1) is 16.7 Å². The number of hydrogen-bond acceptors (Lipinski definition) is 2. The Balaban J connectivity index is 0.00000169. The van der Waals surface area contributed by atoms with Crippen LogP contribution < -0.4 is 4.90 Å². The van der Waals surface area contributed by atoms with Crippen LogP contribution >= 0.6 is 12.4 Å². The summed E-state index contributed by atoms with van der Waals surface area (Å²) in [5.41, 5.74) is 9.35. The lowest BCUT2D eigenvalue weighted by molar-refractivity contribution is 0.723. The monoisotopic (exact) mass is 341 g/mol. The van der Waals surface area contributed by atoms with Crippen molar-refractivity contribution in [1.82, 2.24) is 9.55 Å². The molecule has 4 rings (SSSR count). The summed E-state index contributed by atoms with van der Waals surface area (Å²) in [6.07, 6.45) is 3.08. The Bertz CT molecular complexity index is 882. The molecule has 0 radical (unpaired) electrons. The second-order valence-electron chi connectivity index (χ2n) is 6.42. The molecule has 0 N–H and O–H groups in total. The van der Waals surface area contributed by atoms with Crippen LogP contribution in [0, 0.1) is 13.8 Å². The molecule has 1 aliphatic heterocycles. The van der Waals surface area contributed by atoms with Crippen molar-refractivity contribution in [1.29, 1.82) is 0 Å². The molecule has 0 unspecified atom stereocenters. The summed E-state index contributed by atoms with van der Waals surface area (Å²) in [6, 6.07) is 11.0. The van der Waals surface area contributed by atoms with Crippen molar-refractivity contribution in [3.63, 3.8) is 0 Å². The molecule has 1 aliphatic rings. The van der Waals surface area contributed by atoms with E-state index < -0.39 is 0 Å². The van der Waals surface area contributed by atoms with Crippen LogP contribution in [0.3, 0.4) is 0 Å². The number of aromatic nitrogens is 2. The maximum Gasteiger partial charge on any atom is 0.0934 e. The van der Waals surface area contributed by atoms with Gasteiger partial charge in [0.25, 0.3) is 0 Å². The number of halogens is 1. The van der Waals surface area contributed by atoms with Crippen molar-refractivity contribution < 1.29 is 0 Å². The molecule has 126 valence electrons. The van der Waals surface area contributed by atoms with E-state index in [0.717, 1.165) is 31.6 Å². The summed E-state index contributed by atoms with van der Waals surface area (Å²) in [5, 5.41) is 0. The summed E-state index contributed by atoms with van der Waals surface area (Å²) >= 11 is 0. The van der Waals surface area contributed by atoms with E-state index >= 15 is 0 Å². The number of anilines is 1. The molecule has 3 nitrogen and oxygen atoms in total. The first kappa shape index (κ1) is 16.8. The maximum absolute atomic E-state index is 4.66. The fraction of sp³-hybridized carbons (Fsp3) is 0.350. The van der Waals surface area contributed by atoms with Gasteiger partial charge in [-0.3, -0.25) is 4.98 Å².